The second-order valence-corrected chi connectivity index (χ2v) is 20.1. The smallest absolute Gasteiger partial charge is 0.203 e. The van der Waals surface area contributed by atoms with Gasteiger partial charge in [0, 0.05) is 38.6 Å². The van der Waals surface area contributed by atoms with Crippen LogP contribution < -0.4 is 20.9 Å². The van der Waals surface area contributed by atoms with E-state index in [1.807, 2.05) is 0 Å². The molecule has 8 aromatic carbocycles. The largest absolute Gasteiger partial charge is 0.309 e. The molecule has 0 spiro atoms. The topological polar surface area (TPSA) is 30.7 Å². The molecule has 0 N–H and O–H groups in total. The first-order chi connectivity index (χ1) is 29.0. The van der Waals surface area contributed by atoms with Gasteiger partial charge in [-0.2, -0.15) is 0 Å². The molecule has 4 heteroatoms. The second-order valence-electron chi connectivity index (χ2n) is 16.5. The van der Waals surface area contributed by atoms with Crippen molar-refractivity contribution in [3.8, 4) is 50.6 Å². The van der Waals surface area contributed by atoms with Crippen molar-refractivity contribution in [3.05, 3.63) is 211 Å². The Morgan fingerprint density at radius 2 is 1.12 bits per heavy atom. The van der Waals surface area contributed by atoms with Crippen LogP contribution in [0.25, 0.3) is 72.4 Å². The molecule has 1 aliphatic carbocycles. The number of benzene rings is 8. The Morgan fingerprint density at radius 1 is 0.492 bits per heavy atom. The lowest BCUT2D eigenvalue weighted by Crippen LogP contribution is -2.73. The van der Waals surface area contributed by atoms with E-state index in [0.29, 0.717) is 0 Å². The maximum absolute atomic E-state index is 5.69. The van der Waals surface area contributed by atoms with E-state index in [9.17, 15) is 0 Å². The molecule has 59 heavy (non-hydrogen) atoms. The SMILES string of the molecule is CC1(C)c2ccccc2-c2ccc3c(c21)c1ccccc1n3-c1cccc(-c2nc(-c3ccccc3)nc3c2-c2ccccc2[Si]3(c2ccccc2)c2ccccc2)c1. The Morgan fingerprint density at radius 3 is 1.88 bits per heavy atom. The van der Waals surface area contributed by atoms with Crippen molar-refractivity contribution in [2.45, 2.75) is 19.3 Å². The molecule has 3 nitrogen and oxygen atoms in total. The molecule has 0 amide bonds. The Bertz CT molecular complexity index is 3250. The fourth-order valence-corrected chi connectivity index (χ4v) is 15.6. The number of rotatable bonds is 5. The van der Waals surface area contributed by atoms with Crippen molar-refractivity contribution in [1.29, 1.82) is 0 Å². The summed E-state index contributed by atoms with van der Waals surface area (Å²) in [5.41, 5.74) is 14.2. The Kier molecular flexibility index (Phi) is 7.29. The molecule has 0 bridgehead atoms. The maximum Gasteiger partial charge on any atom is 0.203 e. The third kappa shape index (κ3) is 4.69. The van der Waals surface area contributed by atoms with Gasteiger partial charge in [0.2, 0.25) is 8.07 Å². The first-order valence-electron chi connectivity index (χ1n) is 20.5. The van der Waals surface area contributed by atoms with Crippen LogP contribution in [0.15, 0.2) is 200 Å². The van der Waals surface area contributed by atoms with E-state index in [0.717, 1.165) is 39.2 Å². The van der Waals surface area contributed by atoms with Gasteiger partial charge < -0.3 is 4.57 Å². The lowest BCUT2D eigenvalue weighted by Gasteiger charge is -2.30. The van der Waals surface area contributed by atoms with Crippen LogP contribution in [0.5, 0.6) is 0 Å². The van der Waals surface area contributed by atoms with Gasteiger partial charge in [-0.3, -0.25) is 0 Å². The van der Waals surface area contributed by atoms with Gasteiger partial charge >= 0.3 is 0 Å². The van der Waals surface area contributed by atoms with Gasteiger partial charge in [-0.1, -0.05) is 190 Å². The standard InChI is InChI=1S/C55H39N3Si/c1-55(2)45-30-15-12-27-41(45)42-33-34-47-49(51(42)55)43-28-13-16-31-46(43)58(47)38-22-18-21-37(35-38)52-50-44-29-14-17-32-48(44)59(39-23-8-4-9-24-39,40-25-10-5-11-26-40)54(50)57-53(56-52)36-19-6-3-7-20-36/h3-35H,1-2H3. The summed E-state index contributed by atoms with van der Waals surface area (Å²) < 4.78 is 2.47. The molecule has 0 fully saturated rings. The lowest BCUT2D eigenvalue weighted by molar-refractivity contribution is 0.666. The Labute approximate surface area is 345 Å². The van der Waals surface area contributed by atoms with Gasteiger partial charge in [0.05, 0.1) is 22.0 Å². The van der Waals surface area contributed by atoms with Gasteiger partial charge in [-0.25, -0.2) is 9.97 Å². The van der Waals surface area contributed by atoms with Crippen molar-refractivity contribution in [2.75, 3.05) is 0 Å². The zero-order chi connectivity index (χ0) is 39.3. The van der Waals surface area contributed by atoms with Crippen LogP contribution in [-0.4, -0.2) is 22.6 Å². The number of para-hydroxylation sites is 1. The van der Waals surface area contributed by atoms with Crippen LogP contribution in [-0.2, 0) is 5.41 Å². The molecule has 278 valence electrons. The maximum atomic E-state index is 5.69. The third-order valence-corrected chi connectivity index (χ3v) is 17.8. The second kappa shape index (κ2) is 12.7. The minimum absolute atomic E-state index is 0.140. The fraction of sp³-hybridized carbons (Fsp3) is 0.0545. The quantitative estimate of drug-likeness (QED) is 0.163. The van der Waals surface area contributed by atoms with Crippen LogP contribution in [0.3, 0.4) is 0 Å². The molecule has 1 aliphatic heterocycles. The highest BCUT2D eigenvalue weighted by atomic mass is 28.3. The first kappa shape index (κ1) is 33.9. The van der Waals surface area contributed by atoms with Crippen molar-refractivity contribution in [2.24, 2.45) is 0 Å². The third-order valence-electron chi connectivity index (χ3n) is 13.0. The van der Waals surface area contributed by atoms with E-state index in [4.69, 9.17) is 9.97 Å². The number of aromatic nitrogens is 3. The van der Waals surface area contributed by atoms with Crippen LogP contribution in [0, 0.1) is 0 Å². The number of fused-ring (bicyclic) bond motifs is 10. The minimum Gasteiger partial charge on any atom is -0.309 e. The van der Waals surface area contributed by atoms with Gasteiger partial charge in [-0.15, -0.1) is 0 Å². The normalized spacial score (nSPS) is 14.2. The van der Waals surface area contributed by atoms with E-state index < -0.39 is 8.07 Å². The molecule has 0 saturated heterocycles. The molecule has 0 atom stereocenters. The van der Waals surface area contributed by atoms with Crippen LogP contribution >= 0.6 is 0 Å². The summed E-state index contributed by atoms with van der Waals surface area (Å²) in [6.07, 6.45) is 0. The average molecular weight is 770 g/mol. The number of hydrogen-bond acceptors (Lipinski definition) is 2. The summed E-state index contributed by atoms with van der Waals surface area (Å²) in [6.45, 7) is 4.77. The van der Waals surface area contributed by atoms with Gasteiger partial charge in [0.25, 0.3) is 0 Å². The molecule has 12 rings (SSSR count). The number of hydrogen-bond donors (Lipinski definition) is 0. The van der Waals surface area contributed by atoms with Gasteiger partial charge in [0.1, 0.15) is 0 Å². The molecule has 0 radical (unpaired) electrons. The molecule has 0 saturated carbocycles. The summed E-state index contributed by atoms with van der Waals surface area (Å²) in [7, 11) is -2.90. The van der Waals surface area contributed by atoms with Crippen molar-refractivity contribution in [1.82, 2.24) is 14.5 Å². The van der Waals surface area contributed by atoms with Crippen LogP contribution in [0.1, 0.15) is 25.0 Å². The molecular weight excluding hydrogens is 731 g/mol. The van der Waals surface area contributed by atoms with E-state index in [-0.39, 0.29) is 5.41 Å². The molecule has 3 heterocycles. The van der Waals surface area contributed by atoms with E-state index in [1.165, 1.54) is 65.2 Å². The minimum atomic E-state index is -2.90. The zero-order valence-corrected chi connectivity index (χ0v) is 33.9. The van der Waals surface area contributed by atoms with E-state index in [2.05, 4.69) is 219 Å². The Hall–Kier alpha value is -7.14. The lowest BCUT2D eigenvalue weighted by atomic mass is 9.80. The highest BCUT2D eigenvalue weighted by molar-refractivity contribution is 7.21. The summed E-state index contributed by atoms with van der Waals surface area (Å²) in [6, 6.07) is 73.3. The summed E-state index contributed by atoms with van der Waals surface area (Å²) in [4.78, 5) is 11.3. The predicted molar refractivity (Wildman–Crippen MR) is 247 cm³/mol. The predicted octanol–water partition coefficient (Wildman–Crippen LogP) is 10.6. The van der Waals surface area contributed by atoms with Crippen molar-refractivity contribution < 1.29 is 0 Å². The molecule has 2 aromatic heterocycles. The average Bonchev–Trinajstić information content (AvgIpc) is 3.88. The van der Waals surface area contributed by atoms with E-state index in [1.54, 1.807) is 0 Å². The van der Waals surface area contributed by atoms with Gasteiger partial charge in [-0.05, 0) is 67.6 Å². The molecule has 0 unspecified atom stereocenters. The molecular formula is C55H39N3Si. The zero-order valence-electron chi connectivity index (χ0n) is 32.9. The first-order valence-corrected chi connectivity index (χ1v) is 22.5. The van der Waals surface area contributed by atoms with Crippen molar-refractivity contribution >= 4 is 50.8 Å². The van der Waals surface area contributed by atoms with Crippen molar-refractivity contribution in [3.63, 3.8) is 0 Å². The summed E-state index contributed by atoms with van der Waals surface area (Å²) in [5, 5.41) is 7.73. The highest BCUT2D eigenvalue weighted by Gasteiger charge is 2.51. The summed E-state index contributed by atoms with van der Waals surface area (Å²) in [5.74, 6) is 0.746. The summed E-state index contributed by atoms with van der Waals surface area (Å²) >= 11 is 0. The number of nitrogens with zero attached hydrogens (tertiary/aromatic N) is 3. The monoisotopic (exact) mass is 769 g/mol. The Balaban J connectivity index is 1.15. The molecule has 2 aliphatic rings. The highest BCUT2D eigenvalue weighted by Crippen LogP contribution is 2.53. The van der Waals surface area contributed by atoms with Gasteiger partial charge in [0.15, 0.2) is 5.82 Å². The van der Waals surface area contributed by atoms with E-state index >= 15 is 0 Å². The van der Waals surface area contributed by atoms with Crippen LogP contribution in [0.2, 0.25) is 0 Å². The molecule has 10 aromatic rings. The fourth-order valence-electron chi connectivity index (χ4n) is 10.6. The van der Waals surface area contributed by atoms with Crippen LogP contribution in [0.4, 0.5) is 0 Å².